The van der Waals surface area contributed by atoms with Gasteiger partial charge in [-0.2, -0.15) is 0 Å². The van der Waals surface area contributed by atoms with Crippen molar-refractivity contribution in [3.63, 3.8) is 0 Å². The molecule has 1 aliphatic heterocycles. The second-order valence-electron chi connectivity index (χ2n) is 6.60. The molecule has 2 atom stereocenters. The number of aliphatic hydroxyl groups is 1. The number of hydrogen-bond acceptors (Lipinski definition) is 2. The largest absolute Gasteiger partial charge is 0.380 e. The van der Waals surface area contributed by atoms with E-state index in [0.29, 0.717) is 6.61 Å². The Hall–Kier alpha value is -2.42. The molecule has 0 amide bonds. The molecule has 25 heavy (non-hydrogen) atoms. The van der Waals surface area contributed by atoms with Crippen LogP contribution in [0, 0.1) is 5.92 Å². The van der Waals surface area contributed by atoms with Crippen molar-refractivity contribution in [3.8, 4) is 0 Å². The highest BCUT2D eigenvalue weighted by Gasteiger charge is 2.47. The van der Waals surface area contributed by atoms with Crippen molar-refractivity contribution >= 4 is 0 Å². The number of rotatable bonds is 4. The molecular formula is C23H22O2. The molecule has 0 aliphatic carbocycles. The molecule has 2 nitrogen and oxygen atoms in total. The highest BCUT2D eigenvalue weighted by Crippen LogP contribution is 2.49. The minimum absolute atomic E-state index is 0.0419. The molecule has 0 bridgehead atoms. The van der Waals surface area contributed by atoms with Gasteiger partial charge in [-0.15, -0.1) is 0 Å². The maximum absolute atomic E-state index is 12.0. The second kappa shape index (κ2) is 6.83. The molecule has 1 N–H and O–H groups in total. The second-order valence-corrected chi connectivity index (χ2v) is 6.60. The van der Waals surface area contributed by atoms with Gasteiger partial charge in [-0.3, -0.25) is 0 Å². The van der Waals surface area contributed by atoms with E-state index < -0.39 is 5.60 Å². The van der Waals surface area contributed by atoms with Crippen molar-refractivity contribution in [2.45, 2.75) is 18.1 Å². The van der Waals surface area contributed by atoms with E-state index in [-0.39, 0.29) is 12.0 Å². The minimum atomic E-state index is -1.08. The van der Waals surface area contributed by atoms with Gasteiger partial charge in [0.15, 0.2) is 0 Å². The van der Waals surface area contributed by atoms with Crippen LogP contribution in [0.15, 0.2) is 91.0 Å². The molecule has 1 heterocycles. The van der Waals surface area contributed by atoms with Gasteiger partial charge in [0.1, 0.15) is 5.60 Å². The molecule has 3 aromatic carbocycles. The van der Waals surface area contributed by atoms with Crippen molar-refractivity contribution in [2.75, 3.05) is 6.61 Å². The van der Waals surface area contributed by atoms with E-state index >= 15 is 0 Å². The van der Waals surface area contributed by atoms with Gasteiger partial charge in [0, 0.05) is 12.5 Å². The van der Waals surface area contributed by atoms with Gasteiger partial charge in [-0.05, 0) is 23.1 Å². The number of ether oxygens (including phenoxy) is 1. The Kier molecular flexibility index (Phi) is 4.39. The zero-order valence-electron chi connectivity index (χ0n) is 14.1. The standard InChI is InChI=1S/C23H22O2/c24-23(19-12-6-2-7-13-19,20-14-8-3-9-15-20)21-16-17-25-22(21)18-10-4-1-5-11-18/h1-15,21-22,24H,16-17H2/t21-,22-/m0/s1. The molecule has 0 radical (unpaired) electrons. The van der Waals surface area contributed by atoms with Crippen molar-refractivity contribution in [2.24, 2.45) is 5.92 Å². The summed E-state index contributed by atoms with van der Waals surface area (Å²) >= 11 is 0. The fourth-order valence-corrected chi connectivity index (χ4v) is 3.97. The molecule has 126 valence electrons. The molecule has 1 aliphatic rings. The Labute approximate surface area is 148 Å². The predicted octanol–water partition coefficient (Wildman–Crippen LogP) is 4.70. The average Bonchev–Trinajstić information content (AvgIpc) is 3.20. The molecule has 0 saturated carbocycles. The lowest BCUT2D eigenvalue weighted by molar-refractivity contribution is -0.0257. The van der Waals surface area contributed by atoms with E-state index in [1.54, 1.807) is 0 Å². The fourth-order valence-electron chi connectivity index (χ4n) is 3.97. The maximum Gasteiger partial charge on any atom is 0.120 e. The summed E-state index contributed by atoms with van der Waals surface area (Å²) in [5.74, 6) is -0.0419. The summed E-state index contributed by atoms with van der Waals surface area (Å²) in [6.45, 7) is 0.659. The first kappa shape index (κ1) is 16.1. The van der Waals surface area contributed by atoms with E-state index in [1.165, 1.54) is 0 Å². The zero-order chi connectivity index (χ0) is 17.1. The molecular weight excluding hydrogens is 308 g/mol. The van der Waals surface area contributed by atoms with Crippen LogP contribution < -0.4 is 0 Å². The van der Waals surface area contributed by atoms with Crippen molar-refractivity contribution in [1.82, 2.24) is 0 Å². The van der Waals surface area contributed by atoms with Gasteiger partial charge < -0.3 is 9.84 Å². The Morgan fingerprint density at radius 2 is 1.20 bits per heavy atom. The molecule has 1 fully saturated rings. The first-order valence-electron chi connectivity index (χ1n) is 8.80. The van der Waals surface area contributed by atoms with Crippen LogP contribution in [0.4, 0.5) is 0 Å². The predicted molar refractivity (Wildman–Crippen MR) is 99.1 cm³/mol. The fraction of sp³-hybridized carbons (Fsp3) is 0.217. The highest BCUT2D eigenvalue weighted by atomic mass is 16.5. The van der Waals surface area contributed by atoms with E-state index in [4.69, 9.17) is 4.74 Å². The van der Waals surface area contributed by atoms with Crippen LogP contribution >= 0.6 is 0 Å². The van der Waals surface area contributed by atoms with Crippen molar-refractivity contribution < 1.29 is 9.84 Å². The van der Waals surface area contributed by atoms with Crippen LogP contribution in [-0.2, 0) is 10.3 Å². The van der Waals surface area contributed by atoms with Crippen molar-refractivity contribution in [3.05, 3.63) is 108 Å². The summed E-state index contributed by atoms with van der Waals surface area (Å²) in [5, 5.41) is 12.0. The van der Waals surface area contributed by atoms with Crippen LogP contribution in [0.25, 0.3) is 0 Å². The third-order valence-corrected chi connectivity index (χ3v) is 5.18. The van der Waals surface area contributed by atoms with Crippen LogP contribution in [-0.4, -0.2) is 11.7 Å². The third kappa shape index (κ3) is 2.88. The summed E-state index contributed by atoms with van der Waals surface area (Å²) in [4.78, 5) is 0. The molecule has 0 spiro atoms. The van der Waals surface area contributed by atoms with Crippen LogP contribution in [0.1, 0.15) is 29.2 Å². The SMILES string of the molecule is OC(c1ccccc1)(c1ccccc1)[C@H]1CCO[C@H]1c1ccccc1. The summed E-state index contributed by atoms with van der Waals surface area (Å²) in [6.07, 6.45) is 0.700. The first-order chi connectivity index (χ1) is 12.3. The van der Waals surface area contributed by atoms with Gasteiger partial charge in [-0.1, -0.05) is 91.0 Å². The van der Waals surface area contributed by atoms with E-state index in [0.717, 1.165) is 23.1 Å². The lowest BCUT2D eigenvalue weighted by Gasteiger charge is -2.37. The Morgan fingerprint density at radius 1 is 0.720 bits per heavy atom. The third-order valence-electron chi connectivity index (χ3n) is 5.18. The topological polar surface area (TPSA) is 29.5 Å². The van der Waals surface area contributed by atoms with Crippen LogP contribution in [0.5, 0.6) is 0 Å². The van der Waals surface area contributed by atoms with Crippen LogP contribution in [0.2, 0.25) is 0 Å². The molecule has 0 unspecified atom stereocenters. The lowest BCUT2D eigenvalue weighted by atomic mass is 9.72. The van der Waals surface area contributed by atoms with Gasteiger partial charge in [0.2, 0.25) is 0 Å². The Morgan fingerprint density at radius 3 is 1.72 bits per heavy atom. The number of benzene rings is 3. The van der Waals surface area contributed by atoms with Crippen LogP contribution in [0.3, 0.4) is 0 Å². The summed E-state index contributed by atoms with van der Waals surface area (Å²) in [6, 6.07) is 30.1. The summed E-state index contributed by atoms with van der Waals surface area (Å²) in [7, 11) is 0. The Bertz CT molecular complexity index is 760. The van der Waals surface area contributed by atoms with Crippen molar-refractivity contribution in [1.29, 1.82) is 0 Å². The summed E-state index contributed by atoms with van der Waals surface area (Å²) < 4.78 is 6.08. The Balaban J connectivity index is 1.84. The quantitative estimate of drug-likeness (QED) is 0.751. The number of hydrogen-bond donors (Lipinski definition) is 1. The normalized spacial score (nSPS) is 20.5. The van der Waals surface area contributed by atoms with Gasteiger partial charge in [0.25, 0.3) is 0 Å². The summed E-state index contributed by atoms with van der Waals surface area (Å²) in [5.41, 5.74) is 1.87. The van der Waals surface area contributed by atoms with Gasteiger partial charge in [0.05, 0.1) is 6.10 Å². The molecule has 2 heteroatoms. The zero-order valence-corrected chi connectivity index (χ0v) is 14.1. The highest BCUT2D eigenvalue weighted by molar-refractivity contribution is 5.38. The molecule has 0 aromatic heterocycles. The van der Waals surface area contributed by atoms with E-state index in [1.807, 2.05) is 78.9 Å². The molecule has 1 saturated heterocycles. The van der Waals surface area contributed by atoms with Gasteiger partial charge in [-0.25, -0.2) is 0 Å². The molecule has 3 aromatic rings. The smallest absolute Gasteiger partial charge is 0.120 e. The van der Waals surface area contributed by atoms with E-state index in [2.05, 4.69) is 12.1 Å². The lowest BCUT2D eigenvalue weighted by Crippen LogP contribution is -2.38. The van der Waals surface area contributed by atoms with E-state index in [9.17, 15) is 5.11 Å². The monoisotopic (exact) mass is 330 g/mol. The maximum atomic E-state index is 12.0. The first-order valence-corrected chi connectivity index (χ1v) is 8.80. The average molecular weight is 330 g/mol. The minimum Gasteiger partial charge on any atom is -0.380 e. The van der Waals surface area contributed by atoms with Gasteiger partial charge >= 0.3 is 0 Å². The molecule has 4 rings (SSSR count).